The molecule has 1 aromatic heterocycles. The maximum atomic E-state index is 12.6. The van der Waals surface area contributed by atoms with Crippen LogP contribution < -0.4 is 10.2 Å². The average molecular weight is 370 g/mol. The highest BCUT2D eigenvalue weighted by Crippen LogP contribution is 2.30. The second-order valence-corrected chi connectivity index (χ2v) is 7.97. The van der Waals surface area contributed by atoms with Crippen LogP contribution in [0.2, 0.25) is 0 Å². The predicted molar refractivity (Wildman–Crippen MR) is 101 cm³/mol. The molecule has 0 saturated carbocycles. The number of phenolic OH excluding ortho intramolecular Hbond substituents is 1. The first kappa shape index (κ1) is 17.1. The molecular weight excluding hydrogens is 348 g/mol. The third kappa shape index (κ3) is 3.33. The maximum Gasteiger partial charge on any atom is 0.227 e. The average Bonchev–Trinajstić information content (AvgIpc) is 3.24. The van der Waals surface area contributed by atoms with Crippen LogP contribution in [0.3, 0.4) is 0 Å². The van der Waals surface area contributed by atoms with Crippen LogP contribution in [0, 0.1) is 5.92 Å². The van der Waals surface area contributed by atoms with Crippen LogP contribution in [0.4, 0.5) is 5.69 Å². The highest BCUT2D eigenvalue weighted by molar-refractivity contribution is 7.10. The lowest BCUT2D eigenvalue weighted by atomic mass is 9.96. The van der Waals surface area contributed by atoms with Crippen molar-refractivity contribution >= 4 is 28.8 Å². The van der Waals surface area contributed by atoms with E-state index in [0.717, 1.165) is 18.5 Å². The summed E-state index contributed by atoms with van der Waals surface area (Å²) in [5.74, 6) is -0.279. The molecule has 0 unspecified atom stereocenters. The molecule has 1 aromatic carbocycles. The van der Waals surface area contributed by atoms with Crippen molar-refractivity contribution < 1.29 is 14.7 Å². The van der Waals surface area contributed by atoms with Crippen LogP contribution in [-0.4, -0.2) is 23.5 Å². The number of benzene rings is 1. The van der Waals surface area contributed by atoms with Gasteiger partial charge in [0.25, 0.3) is 0 Å². The first-order valence-electron chi connectivity index (χ1n) is 9.07. The van der Waals surface area contributed by atoms with Crippen molar-refractivity contribution in [3.8, 4) is 5.75 Å². The highest BCUT2D eigenvalue weighted by atomic mass is 32.1. The number of amides is 2. The Hall–Kier alpha value is -2.34. The van der Waals surface area contributed by atoms with Crippen molar-refractivity contribution in [1.82, 2.24) is 5.32 Å². The predicted octanol–water partition coefficient (Wildman–Crippen LogP) is 3.00. The Morgan fingerprint density at radius 2 is 2.00 bits per heavy atom. The molecule has 0 spiro atoms. The Bertz CT molecular complexity index is 828. The molecule has 2 amide bonds. The van der Waals surface area contributed by atoms with Gasteiger partial charge in [0.1, 0.15) is 5.75 Å². The van der Waals surface area contributed by atoms with Crippen LogP contribution in [0.1, 0.15) is 35.3 Å². The lowest BCUT2D eigenvalue weighted by molar-refractivity contribution is -0.126. The molecule has 0 radical (unpaired) electrons. The zero-order valence-electron chi connectivity index (χ0n) is 14.5. The number of rotatable bonds is 4. The molecule has 0 bridgehead atoms. The van der Waals surface area contributed by atoms with E-state index in [-0.39, 0.29) is 29.9 Å². The van der Waals surface area contributed by atoms with Gasteiger partial charge < -0.3 is 15.3 Å². The fourth-order valence-electron chi connectivity index (χ4n) is 3.80. The normalized spacial score (nSPS) is 19.5. The van der Waals surface area contributed by atoms with Crippen molar-refractivity contribution in [3.05, 3.63) is 45.6 Å². The number of hydrogen-bond donors (Lipinski definition) is 2. The lowest BCUT2D eigenvalue weighted by Crippen LogP contribution is -2.32. The van der Waals surface area contributed by atoms with Gasteiger partial charge in [0, 0.05) is 30.1 Å². The van der Waals surface area contributed by atoms with Crippen molar-refractivity contribution in [2.24, 2.45) is 5.92 Å². The first-order valence-corrected chi connectivity index (χ1v) is 9.95. The zero-order valence-corrected chi connectivity index (χ0v) is 15.3. The molecule has 2 N–H and O–H groups in total. The van der Waals surface area contributed by atoms with Crippen LogP contribution in [0.15, 0.2) is 29.6 Å². The minimum absolute atomic E-state index is 0.0521. The number of hydrogen-bond acceptors (Lipinski definition) is 4. The van der Waals surface area contributed by atoms with E-state index in [2.05, 4.69) is 10.7 Å². The Morgan fingerprint density at radius 3 is 2.81 bits per heavy atom. The summed E-state index contributed by atoms with van der Waals surface area (Å²) in [6, 6.07) is 6.50. The van der Waals surface area contributed by atoms with E-state index in [1.807, 2.05) is 0 Å². The van der Waals surface area contributed by atoms with Gasteiger partial charge >= 0.3 is 0 Å². The van der Waals surface area contributed by atoms with E-state index in [1.54, 1.807) is 40.5 Å². The number of aryl methyl sites for hydroxylation is 1. The Labute approximate surface area is 156 Å². The molecule has 136 valence electrons. The molecule has 1 aliphatic carbocycles. The molecule has 1 fully saturated rings. The van der Waals surface area contributed by atoms with E-state index in [1.165, 1.54) is 28.8 Å². The molecule has 1 atom stereocenters. The summed E-state index contributed by atoms with van der Waals surface area (Å²) >= 11 is 1.80. The monoisotopic (exact) mass is 370 g/mol. The summed E-state index contributed by atoms with van der Waals surface area (Å²) in [6.07, 6.45) is 4.99. The highest BCUT2D eigenvalue weighted by Gasteiger charge is 2.35. The van der Waals surface area contributed by atoms with E-state index in [4.69, 9.17) is 0 Å². The Morgan fingerprint density at radius 1 is 1.23 bits per heavy atom. The summed E-state index contributed by atoms with van der Waals surface area (Å²) in [4.78, 5) is 27.9. The molecule has 2 aliphatic rings. The number of nitrogens with one attached hydrogen (secondary N) is 1. The van der Waals surface area contributed by atoms with Gasteiger partial charge in [-0.25, -0.2) is 0 Å². The van der Waals surface area contributed by atoms with Crippen LogP contribution in [0.25, 0.3) is 0 Å². The molecule has 1 aliphatic heterocycles. The summed E-state index contributed by atoms with van der Waals surface area (Å²) in [5.41, 5.74) is 3.38. The van der Waals surface area contributed by atoms with Gasteiger partial charge in [-0.05, 0) is 66.5 Å². The molecular formula is C20H22N2O3S. The fourth-order valence-corrected chi connectivity index (χ4v) is 4.95. The van der Waals surface area contributed by atoms with E-state index in [0.29, 0.717) is 13.1 Å². The number of carbonyl (C=O) groups is 2. The molecule has 6 heteroatoms. The maximum absolute atomic E-state index is 12.6. The van der Waals surface area contributed by atoms with Crippen molar-refractivity contribution in [2.75, 3.05) is 11.4 Å². The number of phenols is 1. The number of nitrogens with zero attached hydrogens (tertiary/aromatic N) is 1. The second-order valence-electron chi connectivity index (χ2n) is 7.01. The van der Waals surface area contributed by atoms with Crippen molar-refractivity contribution in [2.45, 2.75) is 38.6 Å². The van der Waals surface area contributed by atoms with Gasteiger partial charge in [-0.2, -0.15) is 0 Å². The lowest BCUT2D eigenvalue weighted by Gasteiger charge is -2.17. The smallest absolute Gasteiger partial charge is 0.227 e. The zero-order chi connectivity index (χ0) is 18.1. The fraction of sp³-hybridized carbons (Fsp3) is 0.400. The minimum Gasteiger partial charge on any atom is -0.508 e. The molecule has 2 heterocycles. The first-order chi connectivity index (χ1) is 12.6. The number of fused-ring (bicyclic) bond motifs is 1. The van der Waals surface area contributed by atoms with Crippen molar-refractivity contribution in [1.29, 1.82) is 0 Å². The topological polar surface area (TPSA) is 69.6 Å². The number of thiophene rings is 1. The summed E-state index contributed by atoms with van der Waals surface area (Å²) < 4.78 is 0. The SMILES string of the molecule is O=C(NCc1csc2c1CCCC2)[C@H]1CC(=O)N(c2ccc(O)cc2)C1. The van der Waals surface area contributed by atoms with Crippen LogP contribution in [-0.2, 0) is 29.0 Å². The molecule has 4 rings (SSSR count). The Balaban J connectivity index is 1.37. The summed E-state index contributed by atoms with van der Waals surface area (Å²) in [5, 5.41) is 14.6. The Kier molecular flexibility index (Phi) is 4.68. The molecule has 1 saturated heterocycles. The second kappa shape index (κ2) is 7.11. The third-order valence-electron chi connectivity index (χ3n) is 5.26. The number of aromatic hydroxyl groups is 1. The largest absolute Gasteiger partial charge is 0.508 e. The van der Waals surface area contributed by atoms with Crippen LogP contribution >= 0.6 is 11.3 Å². The van der Waals surface area contributed by atoms with Gasteiger partial charge in [-0.15, -0.1) is 11.3 Å². The van der Waals surface area contributed by atoms with Crippen molar-refractivity contribution in [3.63, 3.8) is 0 Å². The van der Waals surface area contributed by atoms with Crippen LogP contribution in [0.5, 0.6) is 5.75 Å². The quantitative estimate of drug-likeness (QED) is 0.869. The van der Waals surface area contributed by atoms with Gasteiger partial charge in [0.05, 0.1) is 5.92 Å². The number of anilines is 1. The molecule has 2 aromatic rings. The van der Waals surface area contributed by atoms with Gasteiger partial charge in [0.2, 0.25) is 11.8 Å². The minimum atomic E-state index is -0.328. The standard InChI is InChI=1S/C20H22N2O3S/c23-16-7-5-15(6-8-16)22-11-13(9-19(22)24)20(25)21-10-14-12-26-18-4-2-1-3-17(14)18/h5-8,12-13,23H,1-4,9-11H2,(H,21,25)/t13-/m0/s1. The molecule has 5 nitrogen and oxygen atoms in total. The van der Waals surface area contributed by atoms with Gasteiger partial charge in [0.15, 0.2) is 0 Å². The third-order valence-corrected chi connectivity index (χ3v) is 6.40. The molecule has 26 heavy (non-hydrogen) atoms. The van der Waals surface area contributed by atoms with E-state index >= 15 is 0 Å². The van der Waals surface area contributed by atoms with Gasteiger partial charge in [-0.1, -0.05) is 0 Å². The van der Waals surface area contributed by atoms with E-state index < -0.39 is 0 Å². The summed E-state index contributed by atoms with van der Waals surface area (Å²) in [6.45, 7) is 0.936. The van der Waals surface area contributed by atoms with Gasteiger partial charge in [-0.3, -0.25) is 9.59 Å². The summed E-state index contributed by atoms with van der Waals surface area (Å²) in [7, 11) is 0. The van der Waals surface area contributed by atoms with E-state index in [9.17, 15) is 14.7 Å². The number of carbonyl (C=O) groups excluding carboxylic acids is 2.